The van der Waals surface area contributed by atoms with Gasteiger partial charge in [-0.2, -0.15) is 0 Å². The van der Waals surface area contributed by atoms with Crippen LogP contribution in [0.1, 0.15) is 41.9 Å². The molecule has 0 radical (unpaired) electrons. The van der Waals surface area contributed by atoms with Crippen LogP contribution in [0.4, 0.5) is 0 Å². The number of unbranched alkanes of at least 4 members (excludes halogenated alkanes) is 1. The van der Waals surface area contributed by atoms with Crippen molar-refractivity contribution in [3.63, 3.8) is 0 Å². The number of nitrogens with zero attached hydrogens (tertiary/aromatic N) is 1. The third-order valence-corrected chi connectivity index (χ3v) is 5.10. The molecule has 2 aromatic rings. The highest BCUT2D eigenvalue weighted by Crippen LogP contribution is 2.28. The second-order valence-corrected chi connectivity index (χ2v) is 6.61. The summed E-state index contributed by atoms with van der Waals surface area (Å²) in [6.45, 7) is 5.95. The van der Waals surface area contributed by atoms with Crippen molar-refractivity contribution < 1.29 is 9.53 Å². The molecule has 0 unspecified atom stereocenters. The Balaban J connectivity index is 2.40. The summed E-state index contributed by atoms with van der Waals surface area (Å²) in [7, 11) is 0. The number of H-pyrrole nitrogens is 1. The molecule has 21 heavy (non-hydrogen) atoms. The maximum atomic E-state index is 12.2. The van der Waals surface area contributed by atoms with Gasteiger partial charge in [0.15, 0.2) is 5.16 Å². The molecular weight excluding hydrogens is 308 g/mol. The molecule has 5 nitrogen and oxygen atoms in total. The molecule has 7 heteroatoms. The zero-order valence-electron chi connectivity index (χ0n) is 12.3. The first-order valence-corrected chi connectivity index (χ1v) is 8.72. The molecule has 0 spiro atoms. The minimum Gasteiger partial charge on any atom is -0.462 e. The number of rotatable bonds is 6. The van der Waals surface area contributed by atoms with Gasteiger partial charge in [0.25, 0.3) is 5.56 Å². The van der Waals surface area contributed by atoms with E-state index in [-0.39, 0.29) is 5.56 Å². The van der Waals surface area contributed by atoms with Crippen LogP contribution in [-0.2, 0) is 4.74 Å². The van der Waals surface area contributed by atoms with Crippen LogP contribution < -0.4 is 5.56 Å². The van der Waals surface area contributed by atoms with E-state index in [2.05, 4.69) is 16.9 Å². The van der Waals surface area contributed by atoms with Crippen LogP contribution in [0.5, 0.6) is 0 Å². The lowest BCUT2D eigenvalue weighted by molar-refractivity contribution is 0.0531. The lowest BCUT2D eigenvalue weighted by Gasteiger charge is -2.00. The van der Waals surface area contributed by atoms with Crippen molar-refractivity contribution in [1.82, 2.24) is 9.97 Å². The van der Waals surface area contributed by atoms with Crippen LogP contribution in [0, 0.1) is 6.92 Å². The number of hydrogen-bond acceptors (Lipinski definition) is 6. The molecule has 0 saturated carbocycles. The van der Waals surface area contributed by atoms with Crippen LogP contribution in [0.2, 0.25) is 0 Å². The Hall–Kier alpha value is -1.34. The third kappa shape index (κ3) is 3.47. The molecule has 2 heterocycles. The molecule has 2 aromatic heterocycles. The van der Waals surface area contributed by atoms with Crippen molar-refractivity contribution in [1.29, 1.82) is 0 Å². The Kier molecular flexibility index (Phi) is 5.41. The zero-order chi connectivity index (χ0) is 15.4. The molecule has 0 aliphatic rings. The van der Waals surface area contributed by atoms with Crippen molar-refractivity contribution >= 4 is 39.3 Å². The Morgan fingerprint density at radius 2 is 2.19 bits per heavy atom. The highest BCUT2D eigenvalue weighted by Gasteiger charge is 2.20. The summed E-state index contributed by atoms with van der Waals surface area (Å²) in [4.78, 5) is 32.4. The maximum absolute atomic E-state index is 12.2. The van der Waals surface area contributed by atoms with Crippen LogP contribution >= 0.6 is 23.1 Å². The number of nitrogens with one attached hydrogen (secondary N) is 1. The van der Waals surface area contributed by atoms with Crippen molar-refractivity contribution in [3.8, 4) is 0 Å². The fourth-order valence-electron chi connectivity index (χ4n) is 1.90. The first kappa shape index (κ1) is 16.0. The van der Waals surface area contributed by atoms with Gasteiger partial charge < -0.3 is 9.72 Å². The van der Waals surface area contributed by atoms with Gasteiger partial charge in [-0.1, -0.05) is 25.1 Å². The van der Waals surface area contributed by atoms with E-state index < -0.39 is 5.97 Å². The number of carbonyl (C=O) groups is 1. The van der Waals surface area contributed by atoms with E-state index in [0.717, 1.165) is 18.6 Å². The number of thioether (sulfide) groups is 1. The number of esters is 1. The van der Waals surface area contributed by atoms with Crippen LogP contribution in [0.15, 0.2) is 9.95 Å². The molecular formula is C14H18N2O3S2. The van der Waals surface area contributed by atoms with Crippen molar-refractivity contribution in [2.45, 2.75) is 38.8 Å². The normalized spacial score (nSPS) is 11.0. The zero-order valence-corrected chi connectivity index (χ0v) is 13.9. The van der Waals surface area contributed by atoms with E-state index in [4.69, 9.17) is 4.74 Å². The highest BCUT2D eigenvalue weighted by molar-refractivity contribution is 7.99. The van der Waals surface area contributed by atoms with Gasteiger partial charge in [0.1, 0.15) is 9.71 Å². The standard InChI is InChI=1S/C14H18N2O3S2/c1-4-6-7-20-14-15-11(17)9-8(3)10(13(18)19-5-2)21-12(9)16-14/h4-7H2,1-3H3,(H,15,16,17). The van der Waals surface area contributed by atoms with E-state index in [1.807, 2.05) is 0 Å². The van der Waals surface area contributed by atoms with E-state index >= 15 is 0 Å². The van der Waals surface area contributed by atoms with Gasteiger partial charge in [-0.25, -0.2) is 9.78 Å². The summed E-state index contributed by atoms with van der Waals surface area (Å²) in [6.07, 6.45) is 2.18. The monoisotopic (exact) mass is 326 g/mol. The van der Waals surface area contributed by atoms with Gasteiger partial charge >= 0.3 is 5.97 Å². The topological polar surface area (TPSA) is 72.0 Å². The second-order valence-electron chi connectivity index (χ2n) is 4.53. The van der Waals surface area contributed by atoms with E-state index in [1.165, 1.54) is 23.1 Å². The molecule has 0 fully saturated rings. The van der Waals surface area contributed by atoms with Gasteiger partial charge in [-0.3, -0.25) is 4.79 Å². The molecule has 0 atom stereocenters. The van der Waals surface area contributed by atoms with Gasteiger partial charge in [-0.15, -0.1) is 11.3 Å². The van der Waals surface area contributed by atoms with Crippen LogP contribution in [-0.4, -0.2) is 28.3 Å². The second kappa shape index (κ2) is 7.09. The average molecular weight is 326 g/mol. The number of thiophene rings is 1. The van der Waals surface area contributed by atoms with Gasteiger partial charge in [0.2, 0.25) is 0 Å². The minimum atomic E-state index is -0.391. The number of carbonyl (C=O) groups excluding carboxylic acids is 1. The Morgan fingerprint density at radius 1 is 1.43 bits per heavy atom. The van der Waals surface area contributed by atoms with Crippen molar-refractivity contribution in [3.05, 3.63) is 20.8 Å². The quantitative estimate of drug-likeness (QED) is 0.381. The Bertz CT molecular complexity index is 706. The molecule has 0 aliphatic heterocycles. The molecule has 0 aromatic carbocycles. The van der Waals surface area contributed by atoms with Gasteiger partial charge in [-0.05, 0) is 25.8 Å². The molecule has 0 aliphatic carbocycles. The largest absolute Gasteiger partial charge is 0.462 e. The highest BCUT2D eigenvalue weighted by atomic mass is 32.2. The van der Waals surface area contributed by atoms with Gasteiger partial charge in [0, 0.05) is 5.75 Å². The van der Waals surface area contributed by atoms with Gasteiger partial charge in [0.05, 0.1) is 12.0 Å². The number of aromatic nitrogens is 2. The molecule has 114 valence electrons. The lowest BCUT2D eigenvalue weighted by Crippen LogP contribution is -2.09. The first-order chi connectivity index (χ1) is 10.1. The summed E-state index contributed by atoms with van der Waals surface area (Å²) in [5.41, 5.74) is 0.454. The first-order valence-electron chi connectivity index (χ1n) is 6.91. The predicted octanol–water partition coefficient (Wildman–Crippen LogP) is 3.36. The summed E-state index contributed by atoms with van der Waals surface area (Å²) >= 11 is 2.75. The van der Waals surface area contributed by atoms with E-state index in [9.17, 15) is 9.59 Å². The lowest BCUT2D eigenvalue weighted by atomic mass is 10.2. The number of aryl methyl sites for hydroxylation is 1. The molecule has 2 rings (SSSR count). The predicted molar refractivity (Wildman–Crippen MR) is 86.6 cm³/mol. The molecule has 0 amide bonds. The van der Waals surface area contributed by atoms with Crippen LogP contribution in [0.3, 0.4) is 0 Å². The summed E-state index contributed by atoms with van der Waals surface area (Å²) < 4.78 is 5.01. The Labute approximate surface area is 131 Å². The fourth-order valence-corrected chi connectivity index (χ4v) is 3.98. The number of fused-ring (bicyclic) bond motifs is 1. The number of aromatic amines is 1. The third-order valence-electron chi connectivity index (χ3n) is 2.98. The average Bonchev–Trinajstić information content (AvgIpc) is 2.77. The molecule has 0 saturated heterocycles. The smallest absolute Gasteiger partial charge is 0.348 e. The summed E-state index contributed by atoms with van der Waals surface area (Å²) in [5.74, 6) is 0.526. The number of hydrogen-bond donors (Lipinski definition) is 1. The minimum absolute atomic E-state index is 0.191. The van der Waals surface area contributed by atoms with E-state index in [0.29, 0.717) is 32.4 Å². The SMILES string of the molecule is CCCCSc1nc2sc(C(=O)OCC)c(C)c2c(=O)[nH]1. The Morgan fingerprint density at radius 3 is 2.86 bits per heavy atom. The molecule has 0 bridgehead atoms. The van der Waals surface area contributed by atoms with Crippen molar-refractivity contribution in [2.24, 2.45) is 0 Å². The summed E-state index contributed by atoms with van der Waals surface area (Å²) in [6, 6.07) is 0. The summed E-state index contributed by atoms with van der Waals surface area (Å²) in [5, 5.41) is 1.10. The van der Waals surface area contributed by atoms with E-state index in [1.54, 1.807) is 13.8 Å². The van der Waals surface area contributed by atoms with Crippen molar-refractivity contribution in [2.75, 3.05) is 12.4 Å². The number of ether oxygens (including phenoxy) is 1. The maximum Gasteiger partial charge on any atom is 0.348 e. The van der Waals surface area contributed by atoms with Crippen LogP contribution in [0.25, 0.3) is 10.2 Å². The fraction of sp³-hybridized carbons (Fsp3) is 0.500. The molecule has 1 N–H and O–H groups in total.